The lowest BCUT2D eigenvalue weighted by Crippen LogP contribution is -2.12. The Bertz CT molecular complexity index is 1030. The van der Waals surface area contributed by atoms with E-state index >= 15 is 0 Å². The van der Waals surface area contributed by atoms with E-state index in [4.69, 9.17) is 16.3 Å². The SMILES string of the molecule is CCOC(=O)c1c(C)nc(/C=C/c2ccc(C)cc2)nc1-c1ccccc1Cl. The smallest absolute Gasteiger partial charge is 0.342 e. The Hall–Kier alpha value is -2.98. The molecule has 2 aromatic carbocycles. The van der Waals surface area contributed by atoms with E-state index in [1.54, 1.807) is 19.9 Å². The highest BCUT2D eigenvalue weighted by atomic mass is 35.5. The number of benzene rings is 2. The Kier molecular flexibility index (Phi) is 6.22. The van der Waals surface area contributed by atoms with Gasteiger partial charge in [0.15, 0.2) is 5.82 Å². The Morgan fingerprint density at radius 3 is 2.43 bits per heavy atom. The van der Waals surface area contributed by atoms with Crippen molar-refractivity contribution in [2.75, 3.05) is 6.61 Å². The molecule has 0 bridgehead atoms. The molecule has 0 amide bonds. The summed E-state index contributed by atoms with van der Waals surface area (Å²) in [6, 6.07) is 15.4. The minimum atomic E-state index is -0.455. The normalized spacial score (nSPS) is 11.0. The molecular weight excluding hydrogens is 372 g/mol. The zero-order valence-corrected chi connectivity index (χ0v) is 16.8. The molecule has 0 atom stereocenters. The number of ether oxygens (including phenoxy) is 1. The molecule has 3 rings (SSSR count). The van der Waals surface area contributed by atoms with Crippen LogP contribution in [0.25, 0.3) is 23.4 Å². The zero-order chi connectivity index (χ0) is 20.1. The van der Waals surface area contributed by atoms with Crippen molar-refractivity contribution in [3.05, 3.63) is 81.8 Å². The first-order valence-corrected chi connectivity index (χ1v) is 9.42. The summed E-state index contributed by atoms with van der Waals surface area (Å²) >= 11 is 6.37. The van der Waals surface area contributed by atoms with Gasteiger partial charge in [0, 0.05) is 10.6 Å². The first-order chi connectivity index (χ1) is 13.5. The van der Waals surface area contributed by atoms with Crippen molar-refractivity contribution in [1.82, 2.24) is 9.97 Å². The number of carbonyl (C=O) groups is 1. The van der Waals surface area contributed by atoms with Crippen LogP contribution in [0.1, 0.15) is 39.9 Å². The van der Waals surface area contributed by atoms with Crippen LogP contribution in [0.5, 0.6) is 0 Å². The molecule has 0 aliphatic rings. The average molecular weight is 393 g/mol. The van der Waals surface area contributed by atoms with Gasteiger partial charge in [0.2, 0.25) is 0 Å². The van der Waals surface area contributed by atoms with Gasteiger partial charge in [0.25, 0.3) is 0 Å². The third-order valence-corrected chi connectivity index (χ3v) is 4.55. The molecule has 1 aromatic heterocycles. The van der Waals surface area contributed by atoms with Crippen molar-refractivity contribution in [3.8, 4) is 11.3 Å². The summed E-state index contributed by atoms with van der Waals surface area (Å²) < 4.78 is 5.21. The second-order valence-electron chi connectivity index (χ2n) is 6.34. The highest BCUT2D eigenvalue weighted by molar-refractivity contribution is 6.33. The standard InChI is InChI=1S/C23H21ClN2O2/c1-4-28-23(27)21-16(3)25-20(14-13-17-11-9-15(2)10-12-17)26-22(21)18-7-5-6-8-19(18)24/h5-14H,4H2,1-3H3/b14-13+. The molecule has 0 radical (unpaired) electrons. The van der Waals surface area contributed by atoms with E-state index < -0.39 is 5.97 Å². The molecule has 0 aliphatic carbocycles. The molecule has 28 heavy (non-hydrogen) atoms. The van der Waals surface area contributed by atoms with Crippen molar-refractivity contribution in [2.24, 2.45) is 0 Å². The van der Waals surface area contributed by atoms with E-state index in [9.17, 15) is 4.79 Å². The molecule has 0 saturated heterocycles. The molecule has 0 aliphatic heterocycles. The van der Waals surface area contributed by atoms with Gasteiger partial charge in [-0.1, -0.05) is 65.7 Å². The lowest BCUT2D eigenvalue weighted by molar-refractivity contribution is 0.0525. The molecule has 0 spiro atoms. The van der Waals surface area contributed by atoms with E-state index in [0.29, 0.717) is 33.4 Å². The maximum absolute atomic E-state index is 12.5. The molecule has 0 fully saturated rings. The fraction of sp³-hybridized carbons (Fsp3) is 0.174. The summed E-state index contributed by atoms with van der Waals surface area (Å²) in [6.07, 6.45) is 3.77. The van der Waals surface area contributed by atoms with Gasteiger partial charge in [-0.25, -0.2) is 14.8 Å². The second kappa shape index (κ2) is 8.81. The van der Waals surface area contributed by atoms with Crippen LogP contribution in [-0.4, -0.2) is 22.5 Å². The van der Waals surface area contributed by atoms with Gasteiger partial charge in [-0.2, -0.15) is 0 Å². The fourth-order valence-corrected chi connectivity index (χ4v) is 3.04. The Morgan fingerprint density at radius 1 is 1.04 bits per heavy atom. The molecule has 0 N–H and O–H groups in total. The van der Waals surface area contributed by atoms with Gasteiger partial charge in [-0.05, 0) is 38.5 Å². The number of rotatable bonds is 5. The van der Waals surface area contributed by atoms with E-state index in [2.05, 4.69) is 9.97 Å². The third-order valence-electron chi connectivity index (χ3n) is 4.22. The molecular formula is C23H21ClN2O2. The van der Waals surface area contributed by atoms with E-state index in [1.165, 1.54) is 5.56 Å². The maximum atomic E-state index is 12.5. The molecule has 1 heterocycles. The summed E-state index contributed by atoms with van der Waals surface area (Å²) in [5.41, 5.74) is 4.27. The molecule has 3 aromatic rings. The number of nitrogens with zero attached hydrogens (tertiary/aromatic N) is 2. The van der Waals surface area contributed by atoms with Gasteiger partial charge < -0.3 is 4.74 Å². The van der Waals surface area contributed by atoms with Crippen molar-refractivity contribution in [3.63, 3.8) is 0 Å². The Labute approximate surface area is 169 Å². The molecule has 0 saturated carbocycles. The van der Waals surface area contributed by atoms with Crippen LogP contribution in [0.2, 0.25) is 5.02 Å². The number of aromatic nitrogens is 2. The molecule has 0 unspecified atom stereocenters. The van der Waals surface area contributed by atoms with Crippen LogP contribution in [0.4, 0.5) is 0 Å². The number of esters is 1. The first-order valence-electron chi connectivity index (χ1n) is 9.05. The van der Waals surface area contributed by atoms with Gasteiger partial charge in [0.1, 0.15) is 5.56 Å². The highest BCUT2D eigenvalue weighted by Crippen LogP contribution is 2.30. The van der Waals surface area contributed by atoms with Crippen LogP contribution >= 0.6 is 11.6 Å². The predicted molar refractivity (Wildman–Crippen MR) is 113 cm³/mol. The van der Waals surface area contributed by atoms with E-state index in [-0.39, 0.29) is 6.61 Å². The van der Waals surface area contributed by atoms with Crippen LogP contribution < -0.4 is 0 Å². The summed E-state index contributed by atoms with van der Waals surface area (Å²) in [5.74, 6) is 0.0463. The quantitative estimate of drug-likeness (QED) is 0.518. The lowest BCUT2D eigenvalue weighted by atomic mass is 10.0. The van der Waals surface area contributed by atoms with Gasteiger partial charge in [-0.3, -0.25) is 0 Å². The maximum Gasteiger partial charge on any atom is 0.342 e. The number of hydrogen-bond donors (Lipinski definition) is 0. The monoisotopic (exact) mass is 392 g/mol. The Morgan fingerprint density at radius 2 is 1.75 bits per heavy atom. The summed E-state index contributed by atoms with van der Waals surface area (Å²) in [7, 11) is 0. The van der Waals surface area contributed by atoms with E-state index in [0.717, 1.165) is 5.56 Å². The Balaban J connectivity index is 2.10. The van der Waals surface area contributed by atoms with Crippen molar-refractivity contribution < 1.29 is 9.53 Å². The van der Waals surface area contributed by atoms with Crippen LogP contribution in [0.3, 0.4) is 0 Å². The second-order valence-corrected chi connectivity index (χ2v) is 6.74. The van der Waals surface area contributed by atoms with Crippen molar-refractivity contribution in [1.29, 1.82) is 0 Å². The number of halogens is 1. The molecule has 142 valence electrons. The third kappa shape index (κ3) is 4.46. The zero-order valence-electron chi connectivity index (χ0n) is 16.1. The minimum absolute atomic E-state index is 0.273. The lowest BCUT2D eigenvalue weighted by Gasteiger charge is -2.12. The van der Waals surface area contributed by atoms with Crippen molar-refractivity contribution in [2.45, 2.75) is 20.8 Å². The topological polar surface area (TPSA) is 52.1 Å². The largest absolute Gasteiger partial charge is 0.462 e. The fourth-order valence-electron chi connectivity index (χ4n) is 2.81. The van der Waals surface area contributed by atoms with E-state index in [1.807, 2.05) is 61.5 Å². The van der Waals surface area contributed by atoms with Crippen molar-refractivity contribution >= 4 is 29.7 Å². The number of hydrogen-bond acceptors (Lipinski definition) is 4. The average Bonchev–Trinajstić information content (AvgIpc) is 2.67. The van der Waals surface area contributed by atoms with Gasteiger partial charge >= 0.3 is 5.97 Å². The number of carbonyl (C=O) groups excluding carboxylic acids is 1. The summed E-state index contributed by atoms with van der Waals surface area (Å²) in [5, 5.41) is 0.514. The van der Waals surface area contributed by atoms with Crippen LogP contribution in [0, 0.1) is 13.8 Å². The summed E-state index contributed by atoms with van der Waals surface area (Å²) in [4.78, 5) is 21.6. The first kappa shape index (κ1) is 19.8. The predicted octanol–water partition coefficient (Wildman–Crippen LogP) is 5.76. The number of aryl methyl sites for hydroxylation is 2. The van der Waals surface area contributed by atoms with Gasteiger partial charge in [0.05, 0.1) is 18.0 Å². The highest BCUT2D eigenvalue weighted by Gasteiger charge is 2.21. The van der Waals surface area contributed by atoms with Crippen LogP contribution in [0.15, 0.2) is 48.5 Å². The molecule has 5 heteroatoms. The minimum Gasteiger partial charge on any atom is -0.462 e. The molecule has 4 nitrogen and oxygen atoms in total. The van der Waals surface area contributed by atoms with Crippen LogP contribution in [-0.2, 0) is 4.74 Å². The summed E-state index contributed by atoms with van der Waals surface area (Å²) in [6.45, 7) is 5.86. The van der Waals surface area contributed by atoms with Gasteiger partial charge in [-0.15, -0.1) is 0 Å².